The third kappa shape index (κ3) is 2.78. The number of Topliss-reactive ketones (excluding diaryl/α,β-unsaturated/α-hetero) is 1. The first-order chi connectivity index (χ1) is 10.1. The summed E-state index contributed by atoms with van der Waals surface area (Å²) in [6.45, 7) is 1.45. The van der Waals surface area contributed by atoms with E-state index in [4.69, 9.17) is 5.26 Å². The van der Waals surface area contributed by atoms with Gasteiger partial charge in [0.1, 0.15) is 24.3 Å². The standard InChI is InChI=1S/C15H13N3O3/c1-9-11(7-16)14(19)13(15(20)12(9)18-21)17-8-10-5-3-2-4-6-10/h2-6,8,12-13,15,20H,1H3. The summed E-state index contributed by atoms with van der Waals surface area (Å²) in [5.74, 6) is -0.588. The van der Waals surface area contributed by atoms with Gasteiger partial charge in [-0.25, -0.2) is 0 Å². The van der Waals surface area contributed by atoms with Crippen molar-refractivity contribution in [3.05, 3.63) is 51.9 Å². The highest BCUT2D eigenvalue weighted by Gasteiger charge is 2.42. The van der Waals surface area contributed by atoms with Crippen LogP contribution in [0.15, 0.2) is 51.6 Å². The molecule has 1 N–H and O–H groups in total. The molecule has 0 bridgehead atoms. The summed E-state index contributed by atoms with van der Waals surface area (Å²) >= 11 is 0. The fourth-order valence-corrected chi connectivity index (χ4v) is 2.22. The topological polar surface area (TPSA) is 103 Å². The third-order valence-corrected chi connectivity index (χ3v) is 3.41. The van der Waals surface area contributed by atoms with Crippen molar-refractivity contribution < 1.29 is 9.90 Å². The smallest absolute Gasteiger partial charge is 0.200 e. The van der Waals surface area contributed by atoms with Crippen LogP contribution < -0.4 is 0 Å². The number of benzene rings is 1. The van der Waals surface area contributed by atoms with Gasteiger partial charge in [0, 0.05) is 6.21 Å². The number of carbonyl (C=O) groups is 1. The van der Waals surface area contributed by atoms with E-state index in [2.05, 4.69) is 10.2 Å². The Kier molecular flexibility index (Phi) is 4.36. The Balaban J connectivity index is 2.36. The van der Waals surface area contributed by atoms with Gasteiger partial charge in [0.05, 0.1) is 5.57 Å². The van der Waals surface area contributed by atoms with Crippen LogP contribution in [0.4, 0.5) is 0 Å². The Morgan fingerprint density at radius 1 is 1.29 bits per heavy atom. The van der Waals surface area contributed by atoms with E-state index in [1.54, 1.807) is 30.3 Å². The average Bonchev–Trinajstić information content (AvgIpc) is 2.49. The number of rotatable bonds is 3. The number of nitrogens with zero attached hydrogens (tertiary/aromatic N) is 3. The zero-order chi connectivity index (χ0) is 15.4. The molecule has 6 nitrogen and oxygen atoms in total. The molecule has 0 amide bonds. The van der Waals surface area contributed by atoms with Crippen LogP contribution >= 0.6 is 0 Å². The summed E-state index contributed by atoms with van der Waals surface area (Å²) < 4.78 is 0. The predicted octanol–water partition coefficient (Wildman–Crippen LogP) is 1.39. The second kappa shape index (κ2) is 6.20. The molecule has 1 aliphatic rings. The molecule has 0 fully saturated rings. The molecule has 3 atom stereocenters. The van der Waals surface area contributed by atoms with Gasteiger partial charge in [-0.05, 0) is 18.1 Å². The highest BCUT2D eigenvalue weighted by atomic mass is 16.3. The van der Waals surface area contributed by atoms with Crippen LogP contribution in [-0.2, 0) is 4.79 Å². The van der Waals surface area contributed by atoms with Crippen molar-refractivity contribution in [2.75, 3.05) is 0 Å². The molecule has 0 heterocycles. The first kappa shape index (κ1) is 14.8. The van der Waals surface area contributed by atoms with Crippen LogP contribution in [0.25, 0.3) is 0 Å². The average molecular weight is 283 g/mol. The second-order valence-electron chi connectivity index (χ2n) is 4.71. The molecule has 0 saturated heterocycles. The normalized spacial score (nSPS) is 26.0. The number of carbonyl (C=O) groups excluding carboxylic acids is 1. The number of ketones is 1. The molecule has 1 aromatic rings. The monoisotopic (exact) mass is 283 g/mol. The lowest BCUT2D eigenvalue weighted by Gasteiger charge is -2.27. The molecule has 0 radical (unpaired) electrons. The Hall–Kier alpha value is -2.65. The van der Waals surface area contributed by atoms with E-state index < -0.39 is 24.0 Å². The van der Waals surface area contributed by atoms with Crippen LogP contribution in [0, 0.1) is 16.2 Å². The first-order valence-corrected chi connectivity index (χ1v) is 6.34. The van der Waals surface area contributed by atoms with E-state index >= 15 is 0 Å². The van der Waals surface area contributed by atoms with Gasteiger partial charge in [-0.2, -0.15) is 10.2 Å². The van der Waals surface area contributed by atoms with Crippen LogP contribution in [-0.4, -0.2) is 35.3 Å². The van der Waals surface area contributed by atoms with Gasteiger partial charge in [-0.15, -0.1) is 0 Å². The number of hydrogen-bond acceptors (Lipinski definition) is 6. The highest BCUT2D eigenvalue weighted by Crippen LogP contribution is 2.27. The van der Waals surface area contributed by atoms with Gasteiger partial charge in [0.25, 0.3) is 0 Å². The molecule has 6 heteroatoms. The molecule has 106 valence electrons. The SMILES string of the molecule is CC1=C(C#N)C(=O)C(N=Cc2ccccc2)C(O)C1N=O. The molecular weight excluding hydrogens is 270 g/mol. The van der Waals surface area contributed by atoms with Gasteiger partial charge in [0.2, 0.25) is 5.78 Å². The van der Waals surface area contributed by atoms with Crippen LogP contribution in [0.3, 0.4) is 0 Å². The Labute approximate surface area is 121 Å². The lowest BCUT2D eigenvalue weighted by molar-refractivity contribution is -0.119. The zero-order valence-electron chi connectivity index (χ0n) is 11.3. The van der Waals surface area contributed by atoms with E-state index in [0.29, 0.717) is 0 Å². The Morgan fingerprint density at radius 3 is 2.52 bits per heavy atom. The van der Waals surface area contributed by atoms with Crippen molar-refractivity contribution in [3.8, 4) is 6.07 Å². The zero-order valence-corrected chi connectivity index (χ0v) is 11.3. The maximum absolute atomic E-state index is 12.2. The van der Waals surface area contributed by atoms with Gasteiger partial charge in [-0.3, -0.25) is 9.79 Å². The van der Waals surface area contributed by atoms with Crippen LogP contribution in [0.1, 0.15) is 12.5 Å². The summed E-state index contributed by atoms with van der Waals surface area (Å²) in [6.07, 6.45) is 0.0793. The molecule has 0 saturated carbocycles. The molecule has 1 aromatic carbocycles. The van der Waals surface area contributed by atoms with Crippen molar-refractivity contribution >= 4 is 12.0 Å². The van der Waals surface area contributed by atoms with Crippen molar-refractivity contribution in [2.45, 2.75) is 25.1 Å². The molecule has 2 rings (SSSR count). The fraction of sp³-hybridized carbons (Fsp3) is 0.267. The molecule has 21 heavy (non-hydrogen) atoms. The minimum absolute atomic E-state index is 0.153. The largest absolute Gasteiger partial charge is 0.388 e. The van der Waals surface area contributed by atoms with Crippen LogP contribution in [0.5, 0.6) is 0 Å². The van der Waals surface area contributed by atoms with Crippen molar-refractivity contribution in [3.63, 3.8) is 0 Å². The highest BCUT2D eigenvalue weighted by molar-refractivity contribution is 6.06. The summed E-state index contributed by atoms with van der Waals surface area (Å²) in [5, 5.41) is 21.9. The van der Waals surface area contributed by atoms with E-state index in [0.717, 1.165) is 5.56 Å². The Bertz CT molecular complexity index is 658. The summed E-state index contributed by atoms with van der Waals surface area (Å²) in [6, 6.07) is 8.46. The minimum Gasteiger partial charge on any atom is -0.388 e. The van der Waals surface area contributed by atoms with Gasteiger partial charge in [0.15, 0.2) is 0 Å². The van der Waals surface area contributed by atoms with Crippen molar-refractivity contribution in [2.24, 2.45) is 10.2 Å². The van der Waals surface area contributed by atoms with E-state index in [-0.39, 0.29) is 11.1 Å². The fourth-order valence-electron chi connectivity index (χ4n) is 2.22. The third-order valence-electron chi connectivity index (χ3n) is 3.41. The maximum Gasteiger partial charge on any atom is 0.200 e. The van der Waals surface area contributed by atoms with Gasteiger partial charge < -0.3 is 5.11 Å². The summed E-state index contributed by atoms with van der Waals surface area (Å²) in [7, 11) is 0. The molecule has 1 aliphatic carbocycles. The van der Waals surface area contributed by atoms with Gasteiger partial charge >= 0.3 is 0 Å². The quantitative estimate of drug-likeness (QED) is 0.668. The predicted molar refractivity (Wildman–Crippen MR) is 76.7 cm³/mol. The van der Waals surface area contributed by atoms with E-state index in [9.17, 15) is 14.8 Å². The summed E-state index contributed by atoms with van der Waals surface area (Å²) in [5.41, 5.74) is 0.786. The van der Waals surface area contributed by atoms with Crippen molar-refractivity contribution in [1.29, 1.82) is 5.26 Å². The number of nitriles is 1. The lowest BCUT2D eigenvalue weighted by atomic mass is 9.83. The molecule has 3 unspecified atom stereocenters. The number of aliphatic hydroxyl groups excluding tert-OH is 1. The Morgan fingerprint density at radius 2 is 1.95 bits per heavy atom. The number of hydrogen-bond donors (Lipinski definition) is 1. The van der Waals surface area contributed by atoms with E-state index in [1.165, 1.54) is 13.1 Å². The number of nitroso groups, excluding NO2 is 1. The lowest BCUT2D eigenvalue weighted by Crippen LogP contribution is -2.46. The first-order valence-electron chi connectivity index (χ1n) is 6.34. The number of aliphatic imine (C=N–C) groups is 1. The van der Waals surface area contributed by atoms with E-state index in [1.807, 2.05) is 6.07 Å². The molecular formula is C15H13N3O3. The minimum atomic E-state index is -1.35. The molecule has 0 aromatic heterocycles. The van der Waals surface area contributed by atoms with Crippen LogP contribution in [0.2, 0.25) is 0 Å². The maximum atomic E-state index is 12.2. The second-order valence-corrected chi connectivity index (χ2v) is 4.71. The molecule has 0 spiro atoms. The van der Waals surface area contributed by atoms with Crippen molar-refractivity contribution in [1.82, 2.24) is 0 Å². The van der Waals surface area contributed by atoms with Gasteiger partial charge in [-0.1, -0.05) is 35.5 Å². The molecule has 0 aliphatic heterocycles. The summed E-state index contributed by atoms with van der Waals surface area (Å²) in [4.78, 5) is 27.1. The number of aliphatic hydroxyl groups is 1.